The number of nitrogen functional groups attached to an aromatic ring is 1. The lowest BCUT2D eigenvalue weighted by Gasteiger charge is -2.00. The van der Waals surface area contributed by atoms with Crippen LogP contribution in [0.4, 0.5) is 5.69 Å². The fourth-order valence-corrected chi connectivity index (χ4v) is 1.76. The van der Waals surface area contributed by atoms with E-state index in [-0.39, 0.29) is 0 Å². The summed E-state index contributed by atoms with van der Waals surface area (Å²) in [5, 5.41) is 8.72. The quantitative estimate of drug-likeness (QED) is 0.684. The van der Waals surface area contributed by atoms with Crippen molar-refractivity contribution in [3.8, 4) is 17.8 Å². The molecule has 0 atom stereocenters. The molecule has 5 nitrogen and oxygen atoms in total. The third kappa shape index (κ3) is 2.19. The summed E-state index contributed by atoms with van der Waals surface area (Å²) in [6.45, 7) is 0. The minimum absolute atomic E-state index is 0.394. The summed E-state index contributed by atoms with van der Waals surface area (Å²) < 4.78 is 5.59. The number of nitrogens with two attached hydrogens (primary N) is 1. The minimum atomic E-state index is 0.394. The number of nitriles is 1. The first kappa shape index (κ1) is 11.1. The van der Waals surface area contributed by atoms with Crippen LogP contribution in [0.1, 0.15) is 5.56 Å². The lowest BCUT2D eigenvalue weighted by molar-refractivity contribution is 0.449. The zero-order chi connectivity index (χ0) is 13.2. The molecule has 0 fully saturated rings. The van der Waals surface area contributed by atoms with E-state index in [4.69, 9.17) is 15.7 Å². The number of ether oxygens (including phenoxy) is 1. The van der Waals surface area contributed by atoms with Crippen molar-refractivity contribution in [3.63, 3.8) is 0 Å². The molecule has 0 amide bonds. The molecule has 0 aliphatic rings. The van der Waals surface area contributed by atoms with Gasteiger partial charge in [-0.2, -0.15) is 10.2 Å². The Morgan fingerprint density at radius 1 is 1.16 bits per heavy atom. The lowest BCUT2D eigenvalue weighted by atomic mass is 10.2. The van der Waals surface area contributed by atoms with Gasteiger partial charge >= 0.3 is 0 Å². The van der Waals surface area contributed by atoms with Gasteiger partial charge < -0.3 is 15.5 Å². The molecule has 92 valence electrons. The van der Waals surface area contributed by atoms with Crippen molar-refractivity contribution in [2.75, 3.05) is 5.73 Å². The van der Waals surface area contributed by atoms with Gasteiger partial charge in [-0.25, -0.2) is 0 Å². The zero-order valence-electron chi connectivity index (χ0n) is 9.92. The van der Waals surface area contributed by atoms with E-state index in [1.807, 2.05) is 6.07 Å². The molecule has 19 heavy (non-hydrogen) atoms. The van der Waals surface area contributed by atoms with Crippen molar-refractivity contribution in [1.82, 2.24) is 9.97 Å². The minimum Gasteiger partial charge on any atom is -0.426 e. The second-order valence-corrected chi connectivity index (χ2v) is 4.06. The van der Waals surface area contributed by atoms with Crippen molar-refractivity contribution >= 4 is 16.7 Å². The second kappa shape index (κ2) is 4.35. The Hall–Kier alpha value is -3.00. The number of hydrogen-bond acceptors (Lipinski definition) is 4. The number of H-pyrrole nitrogens is 1. The van der Waals surface area contributed by atoms with E-state index in [0.29, 0.717) is 23.0 Å². The summed E-state index contributed by atoms with van der Waals surface area (Å²) >= 11 is 0. The van der Waals surface area contributed by atoms with E-state index in [9.17, 15) is 0 Å². The van der Waals surface area contributed by atoms with Gasteiger partial charge in [0.1, 0.15) is 5.75 Å². The first-order valence-corrected chi connectivity index (χ1v) is 5.68. The highest BCUT2D eigenvalue weighted by Crippen LogP contribution is 2.23. The van der Waals surface area contributed by atoms with Crippen LogP contribution in [0.2, 0.25) is 0 Å². The predicted octanol–water partition coefficient (Wildman–Crippen LogP) is 2.81. The van der Waals surface area contributed by atoms with Crippen LogP contribution in [0.3, 0.4) is 0 Å². The van der Waals surface area contributed by atoms with E-state index in [0.717, 1.165) is 11.0 Å². The topological polar surface area (TPSA) is 87.7 Å². The molecule has 0 saturated heterocycles. The Morgan fingerprint density at radius 2 is 1.95 bits per heavy atom. The van der Waals surface area contributed by atoms with Gasteiger partial charge in [0.15, 0.2) is 0 Å². The highest BCUT2D eigenvalue weighted by atomic mass is 16.5. The van der Waals surface area contributed by atoms with E-state index < -0.39 is 0 Å². The number of rotatable bonds is 2. The standard InChI is InChI=1S/C14H10N4O/c15-8-9-1-4-11(5-2-9)19-14-17-12-6-3-10(16)7-13(12)18-14/h1-7H,16H2,(H,17,18). The van der Waals surface area contributed by atoms with E-state index in [1.165, 1.54) is 0 Å². The van der Waals surface area contributed by atoms with E-state index >= 15 is 0 Å². The maximum Gasteiger partial charge on any atom is 0.300 e. The molecule has 0 spiro atoms. The van der Waals surface area contributed by atoms with Crippen LogP contribution in [0.25, 0.3) is 11.0 Å². The highest BCUT2D eigenvalue weighted by molar-refractivity contribution is 5.79. The summed E-state index contributed by atoms with van der Waals surface area (Å²) in [4.78, 5) is 7.33. The number of aromatic amines is 1. The van der Waals surface area contributed by atoms with Crippen LogP contribution in [0, 0.1) is 11.3 Å². The average Bonchev–Trinajstić information content (AvgIpc) is 2.81. The summed E-state index contributed by atoms with van der Waals surface area (Å²) in [7, 11) is 0. The largest absolute Gasteiger partial charge is 0.426 e. The van der Waals surface area contributed by atoms with Gasteiger partial charge in [0.25, 0.3) is 6.01 Å². The number of anilines is 1. The smallest absolute Gasteiger partial charge is 0.300 e. The third-order valence-electron chi connectivity index (χ3n) is 2.68. The number of nitrogens with one attached hydrogen (secondary N) is 1. The van der Waals surface area contributed by atoms with Crippen molar-refractivity contribution in [3.05, 3.63) is 48.0 Å². The van der Waals surface area contributed by atoms with Crippen LogP contribution in [-0.2, 0) is 0 Å². The third-order valence-corrected chi connectivity index (χ3v) is 2.68. The molecular weight excluding hydrogens is 240 g/mol. The first-order chi connectivity index (χ1) is 9.24. The Morgan fingerprint density at radius 3 is 2.68 bits per heavy atom. The van der Waals surface area contributed by atoms with Crippen LogP contribution < -0.4 is 10.5 Å². The summed E-state index contributed by atoms with van der Waals surface area (Å²) in [5.74, 6) is 0.617. The molecule has 1 aromatic heterocycles. The molecule has 0 saturated carbocycles. The van der Waals surface area contributed by atoms with E-state index in [2.05, 4.69) is 16.0 Å². The van der Waals surface area contributed by atoms with Gasteiger partial charge in [0.2, 0.25) is 0 Å². The number of benzene rings is 2. The molecule has 5 heteroatoms. The van der Waals surface area contributed by atoms with Gasteiger partial charge in [0.05, 0.1) is 22.7 Å². The van der Waals surface area contributed by atoms with Crippen LogP contribution in [0.15, 0.2) is 42.5 Å². The molecule has 0 radical (unpaired) electrons. The molecule has 0 aliphatic heterocycles. The van der Waals surface area contributed by atoms with Gasteiger partial charge in [-0.1, -0.05) is 0 Å². The molecule has 0 bridgehead atoms. The maximum absolute atomic E-state index is 8.72. The van der Waals surface area contributed by atoms with Crippen molar-refractivity contribution in [2.24, 2.45) is 0 Å². The van der Waals surface area contributed by atoms with Gasteiger partial charge in [-0.05, 0) is 42.5 Å². The molecule has 3 N–H and O–H groups in total. The fraction of sp³-hybridized carbons (Fsp3) is 0. The predicted molar refractivity (Wildman–Crippen MR) is 71.7 cm³/mol. The van der Waals surface area contributed by atoms with E-state index in [1.54, 1.807) is 36.4 Å². The monoisotopic (exact) mass is 250 g/mol. The molecule has 0 aliphatic carbocycles. The van der Waals surface area contributed by atoms with Crippen LogP contribution in [-0.4, -0.2) is 9.97 Å². The average molecular weight is 250 g/mol. The molecule has 1 heterocycles. The van der Waals surface area contributed by atoms with Gasteiger partial charge in [0, 0.05) is 5.69 Å². The number of nitrogens with zero attached hydrogens (tertiary/aromatic N) is 2. The molecule has 3 aromatic rings. The molecular formula is C14H10N4O. The number of hydrogen-bond donors (Lipinski definition) is 2. The van der Waals surface area contributed by atoms with Crippen molar-refractivity contribution < 1.29 is 4.74 Å². The summed E-state index contributed by atoms with van der Waals surface area (Å²) in [5.41, 5.74) is 8.57. The molecule has 0 unspecified atom stereocenters. The normalized spacial score (nSPS) is 10.3. The van der Waals surface area contributed by atoms with Crippen molar-refractivity contribution in [2.45, 2.75) is 0 Å². The Bertz CT molecular complexity index is 768. The molecule has 2 aromatic carbocycles. The number of fused-ring (bicyclic) bond motifs is 1. The number of aromatic nitrogens is 2. The van der Waals surface area contributed by atoms with Crippen molar-refractivity contribution in [1.29, 1.82) is 5.26 Å². The summed E-state index contributed by atoms with van der Waals surface area (Å²) in [6, 6.07) is 14.7. The maximum atomic E-state index is 8.72. The van der Waals surface area contributed by atoms with Crippen LogP contribution >= 0.6 is 0 Å². The lowest BCUT2D eigenvalue weighted by Crippen LogP contribution is -1.85. The molecule has 3 rings (SSSR count). The second-order valence-electron chi connectivity index (χ2n) is 4.06. The Kier molecular flexibility index (Phi) is 2.54. The summed E-state index contributed by atoms with van der Waals surface area (Å²) in [6.07, 6.45) is 0. The SMILES string of the molecule is N#Cc1ccc(Oc2nc3ccc(N)cc3[nH]2)cc1. The van der Waals surface area contributed by atoms with Gasteiger partial charge in [-0.15, -0.1) is 0 Å². The fourth-order valence-electron chi connectivity index (χ4n) is 1.76. The zero-order valence-corrected chi connectivity index (χ0v) is 9.92. The first-order valence-electron chi connectivity index (χ1n) is 5.68. The van der Waals surface area contributed by atoms with Gasteiger partial charge in [-0.3, -0.25) is 0 Å². The highest BCUT2D eigenvalue weighted by Gasteiger charge is 2.05. The van der Waals surface area contributed by atoms with Crippen LogP contribution in [0.5, 0.6) is 11.8 Å². The Labute approximate surface area is 109 Å². The Balaban J connectivity index is 1.90. The number of imidazole rings is 1.